The summed E-state index contributed by atoms with van der Waals surface area (Å²) < 4.78 is 0. The van der Waals surface area contributed by atoms with Crippen LogP contribution in [0.1, 0.15) is 111 Å². The van der Waals surface area contributed by atoms with Crippen LogP contribution in [0, 0.1) is 11.3 Å². The Hall–Kier alpha value is -4.91. The van der Waals surface area contributed by atoms with Gasteiger partial charge in [-0.05, 0) is 145 Å². The minimum absolute atomic E-state index is 0.0230. The highest BCUT2D eigenvalue weighted by atomic mass is 16.3. The van der Waals surface area contributed by atoms with E-state index in [-0.39, 0.29) is 55.2 Å². The quantitative estimate of drug-likeness (QED) is 0.184. The molecule has 7 fully saturated rings. The monoisotopic (exact) mass is 918 g/mol. The molecule has 17 nitrogen and oxygen atoms in total. The third-order valence-electron chi connectivity index (χ3n) is 17.1. The van der Waals surface area contributed by atoms with E-state index in [1.807, 2.05) is 24.1 Å². The lowest BCUT2D eigenvalue weighted by molar-refractivity contribution is -0.146. The van der Waals surface area contributed by atoms with Crippen LogP contribution in [0.2, 0.25) is 0 Å². The number of hydrogen-bond acceptors (Lipinski definition) is 14. The Kier molecular flexibility index (Phi) is 11.9. The molecule has 358 valence electrons. The highest BCUT2D eigenvalue weighted by Gasteiger charge is 2.53. The highest BCUT2D eigenvalue weighted by molar-refractivity contribution is 6.23. The summed E-state index contributed by atoms with van der Waals surface area (Å²) in [4.78, 5) is 73.3. The van der Waals surface area contributed by atoms with Gasteiger partial charge in [-0.15, -0.1) is 0 Å². The van der Waals surface area contributed by atoms with Gasteiger partial charge < -0.3 is 25.1 Å². The maximum Gasteiger partial charge on any atom is 0.262 e. The Balaban J connectivity index is 0.644. The van der Waals surface area contributed by atoms with Crippen LogP contribution in [0.4, 0.5) is 17.1 Å². The molecule has 17 heteroatoms. The number of imide groups is 2. The summed E-state index contributed by atoms with van der Waals surface area (Å²) in [5.41, 5.74) is 3.43. The van der Waals surface area contributed by atoms with Gasteiger partial charge in [0.15, 0.2) is 0 Å². The summed E-state index contributed by atoms with van der Waals surface area (Å²) in [7, 11) is 0. The van der Waals surface area contributed by atoms with Gasteiger partial charge in [-0.1, -0.05) is 12.2 Å². The van der Waals surface area contributed by atoms with Gasteiger partial charge in [-0.25, -0.2) is 0 Å². The van der Waals surface area contributed by atoms with Crippen LogP contribution in [-0.2, 0) is 14.4 Å². The van der Waals surface area contributed by atoms with Crippen LogP contribution in [0.25, 0.3) is 0 Å². The molecule has 6 unspecified atom stereocenters. The summed E-state index contributed by atoms with van der Waals surface area (Å²) in [6.45, 7) is 9.18. The average Bonchev–Trinajstić information content (AvgIpc) is 3.75. The fourth-order valence-electron chi connectivity index (χ4n) is 12.9. The first-order valence-corrected chi connectivity index (χ1v) is 25.1. The minimum atomic E-state index is -0.961. The van der Waals surface area contributed by atoms with E-state index in [1.54, 1.807) is 6.07 Å². The topological polar surface area (TPSA) is 185 Å². The first-order chi connectivity index (χ1) is 32.4. The van der Waals surface area contributed by atoms with Gasteiger partial charge in [0.25, 0.3) is 11.8 Å². The molecule has 2 aromatic carbocycles. The fraction of sp³-hybridized carbons (Fsp3) is 0.620. The van der Waals surface area contributed by atoms with Crippen molar-refractivity contribution >= 4 is 46.6 Å². The van der Waals surface area contributed by atoms with Crippen LogP contribution in [0.3, 0.4) is 0 Å². The zero-order chi connectivity index (χ0) is 46.0. The van der Waals surface area contributed by atoms with E-state index >= 15 is 0 Å². The molecule has 9 aliphatic rings. The molecule has 7 saturated heterocycles. The lowest BCUT2D eigenvalue weighted by atomic mass is 9.71. The molecule has 0 aromatic heterocycles. The van der Waals surface area contributed by atoms with E-state index in [0.717, 1.165) is 94.1 Å². The third kappa shape index (κ3) is 8.43. The van der Waals surface area contributed by atoms with Gasteiger partial charge in [0.05, 0.1) is 41.5 Å². The van der Waals surface area contributed by atoms with Crippen molar-refractivity contribution in [2.45, 2.75) is 133 Å². The van der Waals surface area contributed by atoms with E-state index in [2.05, 4.69) is 82.7 Å². The standard InChI is InChI=1S/C50H67N11O6/c1-49(67)18-3-2-4-23-59-45(64)38-31-51-48(55-43(38)61(59)41-7-5-6-40(49)53-41)52-32-8-10-33(11-9-32)57-26-19-50(20-27-57)21-28-58(29-22-50)34-16-24-56(25-17-34)35-12-13-36-37(30-35)47(66)60(46(36)65)39-14-15-42(62)54-44(39)63/h2,4,8-13,30,34,38-41,43,48,51-53,55,67H,3,5-7,14-29,31H2,1H3,(H,54,62,63)/b4-2-/t38?,39?,40?,41?,43?,48?,49-/m1/s1. The Bertz CT molecular complexity index is 2280. The number of fused-ring (bicyclic) bond motifs is 7. The molecule has 6 N–H and O–H groups in total. The number of allylic oxidation sites excluding steroid dienone is 1. The van der Waals surface area contributed by atoms with Crippen molar-refractivity contribution in [2.24, 2.45) is 11.3 Å². The number of carbonyl (C=O) groups is 5. The molecule has 9 heterocycles. The van der Waals surface area contributed by atoms with E-state index in [1.165, 1.54) is 31.4 Å². The molecule has 0 aliphatic carbocycles. The number of aliphatic hydroxyl groups is 1. The largest absolute Gasteiger partial charge is 0.389 e. The molecular weight excluding hydrogens is 851 g/mol. The van der Waals surface area contributed by atoms with Crippen molar-refractivity contribution in [3.8, 4) is 0 Å². The number of carbonyl (C=O) groups excluding carboxylic acids is 5. The fourth-order valence-corrected chi connectivity index (χ4v) is 12.9. The number of hydrazine groups is 1. The van der Waals surface area contributed by atoms with Crippen LogP contribution in [-0.4, -0.2) is 149 Å². The molecule has 1 spiro atoms. The molecule has 7 atom stereocenters. The van der Waals surface area contributed by atoms with Crippen molar-refractivity contribution in [1.82, 2.24) is 41.1 Å². The van der Waals surface area contributed by atoms with Gasteiger partial charge in [0, 0.05) is 68.3 Å². The SMILES string of the molecule is C[C@@]1(O)CC/C=C\CN2C(=O)C3CNC(Nc4ccc(N5CCC6(CC5)CCN(C5CCN(c7ccc8c(c7)C(=O)N(C7CCC(=O)NC7=O)C8=O)CC5)CC6)cc4)NC3N2C2CCCC1N2. The number of hydrogen-bond donors (Lipinski definition) is 6. The Morgan fingerprint density at radius 2 is 1.46 bits per heavy atom. The van der Waals surface area contributed by atoms with Crippen LogP contribution < -0.4 is 36.4 Å². The smallest absolute Gasteiger partial charge is 0.262 e. The number of likely N-dealkylation sites (tertiary alicyclic amines) is 1. The Labute approximate surface area is 392 Å². The number of amides is 5. The van der Waals surface area contributed by atoms with Gasteiger partial charge in [-0.3, -0.25) is 55.1 Å². The summed E-state index contributed by atoms with van der Waals surface area (Å²) in [6, 6.07) is 13.8. The van der Waals surface area contributed by atoms with Crippen LogP contribution >= 0.6 is 0 Å². The molecule has 9 aliphatic heterocycles. The Morgan fingerprint density at radius 3 is 2.22 bits per heavy atom. The van der Waals surface area contributed by atoms with Crippen molar-refractivity contribution < 1.29 is 29.1 Å². The number of piperidine rings is 5. The number of nitrogens with zero attached hydrogens (tertiary/aromatic N) is 6. The molecule has 5 amide bonds. The number of rotatable bonds is 6. The van der Waals surface area contributed by atoms with Crippen molar-refractivity contribution in [3.63, 3.8) is 0 Å². The third-order valence-corrected chi connectivity index (χ3v) is 17.1. The van der Waals surface area contributed by atoms with Crippen LogP contribution in [0.5, 0.6) is 0 Å². The number of anilines is 3. The zero-order valence-corrected chi connectivity index (χ0v) is 38.8. The minimum Gasteiger partial charge on any atom is -0.389 e. The summed E-state index contributed by atoms with van der Waals surface area (Å²) in [5.74, 6) is -1.97. The van der Waals surface area contributed by atoms with E-state index in [4.69, 9.17) is 0 Å². The number of nitrogens with one attached hydrogen (secondary N) is 5. The number of benzene rings is 2. The summed E-state index contributed by atoms with van der Waals surface area (Å²) in [5, 5.41) is 32.5. The van der Waals surface area contributed by atoms with Gasteiger partial charge in [0.2, 0.25) is 17.7 Å². The maximum atomic E-state index is 13.8. The zero-order valence-electron chi connectivity index (χ0n) is 38.8. The van der Waals surface area contributed by atoms with E-state index in [0.29, 0.717) is 42.1 Å². The lowest BCUT2D eigenvalue weighted by Crippen LogP contribution is -2.69. The summed E-state index contributed by atoms with van der Waals surface area (Å²) >= 11 is 0. The second-order valence-electron chi connectivity index (χ2n) is 21.0. The first kappa shape index (κ1) is 44.6. The molecule has 0 radical (unpaired) electrons. The molecule has 0 saturated carbocycles. The molecule has 11 rings (SSSR count). The second kappa shape index (κ2) is 17.9. The Morgan fingerprint density at radius 1 is 0.746 bits per heavy atom. The second-order valence-corrected chi connectivity index (χ2v) is 21.0. The molecular formula is C50H67N11O6. The van der Waals surface area contributed by atoms with Crippen molar-refractivity contribution in [3.05, 3.63) is 65.7 Å². The van der Waals surface area contributed by atoms with Gasteiger partial charge >= 0.3 is 0 Å². The van der Waals surface area contributed by atoms with Crippen molar-refractivity contribution in [1.29, 1.82) is 0 Å². The molecule has 2 bridgehead atoms. The molecule has 67 heavy (non-hydrogen) atoms. The van der Waals surface area contributed by atoms with Crippen molar-refractivity contribution in [2.75, 3.05) is 67.5 Å². The first-order valence-electron chi connectivity index (χ1n) is 25.1. The van der Waals surface area contributed by atoms with E-state index in [9.17, 15) is 29.1 Å². The lowest BCUT2D eigenvalue weighted by Gasteiger charge is -2.50. The predicted molar refractivity (Wildman–Crippen MR) is 252 cm³/mol. The maximum absolute atomic E-state index is 13.8. The van der Waals surface area contributed by atoms with Gasteiger partial charge in [0.1, 0.15) is 12.3 Å². The average molecular weight is 918 g/mol. The normalized spacial score (nSPS) is 33.6. The van der Waals surface area contributed by atoms with E-state index < -0.39 is 29.4 Å². The van der Waals surface area contributed by atoms with Gasteiger partial charge in [-0.2, -0.15) is 5.01 Å². The summed E-state index contributed by atoms with van der Waals surface area (Å²) in [6.07, 6.45) is 15.3. The highest BCUT2D eigenvalue weighted by Crippen LogP contribution is 2.44. The predicted octanol–water partition coefficient (Wildman–Crippen LogP) is 2.90. The molecule has 2 aromatic rings. The van der Waals surface area contributed by atoms with Crippen LogP contribution in [0.15, 0.2) is 54.6 Å².